The van der Waals surface area contributed by atoms with Crippen molar-refractivity contribution in [2.75, 3.05) is 6.54 Å². The van der Waals surface area contributed by atoms with Crippen molar-refractivity contribution >= 4 is 15.9 Å². The number of rotatable bonds is 4. The summed E-state index contributed by atoms with van der Waals surface area (Å²) in [6, 6.07) is 10.8. The molecule has 1 fully saturated rings. The Morgan fingerprint density at radius 1 is 1.12 bits per heavy atom. The van der Waals surface area contributed by atoms with E-state index in [1.165, 1.54) is 17.7 Å². The van der Waals surface area contributed by atoms with E-state index >= 15 is 0 Å². The molecule has 4 rings (SSSR count). The Kier molecular flexibility index (Phi) is 3.69. The van der Waals surface area contributed by atoms with Crippen LogP contribution in [0.2, 0.25) is 0 Å². The van der Waals surface area contributed by atoms with Gasteiger partial charge in [-0.2, -0.15) is 0 Å². The lowest BCUT2D eigenvalue weighted by atomic mass is 10.00. The molecular formula is C17H18N2O4S. The fourth-order valence-electron chi connectivity index (χ4n) is 2.88. The highest BCUT2D eigenvalue weighted by Crippen LogP contribution is 2.24. The van der Waals surface area contributed by atoms with Gasteiger partial charge in [0, 0.05) is 19.1 Å². The first-order valence-electron chi connectivity index (χ1n) is 8.01. The van der Waals surface area contributed by atoms with E-state index in [1.807, 2.05) is 18.2 Å². The maximum absolute atomic E-state index is 12.6. The Bertz CT molecular complexity index is 884. The number of nitrogens with one attached hydrogen (secondary N) is 1. The lowest BCUT2D eigenvalue weighted by Crippen LogP contribution is -2.35. The van der Waals surface area contributed by atoms with Gasteiger partial charge in [-0.05, 0) is 42.5 Å². The van der Waals surface area contributed by atoms with Crippen LogP contribution in [0.15, 0.2) is 45.9 Å². The van der Waals surface area contributed by atoms with Crippen LogP contribution in [0.3, 0.4) is 0 Å². The molecule has 1 saturated carbocycles. The first-order valence-corrected chi connectivity index (χ1v) is 9.49. The number of hydrogen-bond acceptors (Lipinski definition) is 4. The van der Waals surface area contributed by atoms with Crippen molar-refractivity contribution in [3.63, 3.8) is 0 Å². The molecule has 0 atom stereocenters. The number of furan rings is 1. The van der Waals surface area contributed by atoms with Gasteiger partial charge in [0.15, 0.2) is 5.76 Å². The molecule has 2 heterocycles. The van der Waals surface area contributed by atoms with Gasteiger partial charge in [-0.15, -0.1) is 0 Å². The van der Waals surface area contributed by atoms with Crippen LogP contribution in [0.1, 0.15) is 34.5 Å². The molecule has 0 bridgehead atoms. The van der Waals surface area contributed by atoms with E-state index < -0.39 is 10.0 Å². The van der Waals surface area contributed by atoms with Crippen LogP contribution in [0.5, 0.6) is 0 Å². The van der Waals surface area contributed by atoms with Crippen molar-refractivity contribution < 1.29 is 17.6 Å². The summed E-state index contributed by atoms with van der Waals surface area (Å²) in [5, 5.41) is -0.199. The SMILES string of the molecule is O=C(c1ccc(S(=O)(=O)NC2CC2)o1)N1CCc2ccccc2C1. The average Bonchev–Trinajstić information content (AvgIpc) is 3.23. The van der Waals surface area contributed by atoms with E-state index in [0.29, 0.717) is 13.1 Å². The molecule has 0 unspecified atom stereocenters. The van der Waals surface area contributed by atoms with Gasteiger partial charge in [0.1, 0.15) is 0 Å². The zero-order valence-electron chi connectivity index (χ0n) is 13.1. The number of hydrogen-bond donors (Lipinski definition) is 1. The van der Waals surface area contributed by atoms with Gasteiger partial charge in [0.05, 0.1) is 0 Å². The van der Waals surface area contributed by atoms with Crippen molar-refractivity contribution in [2.45, 2.75) is 36.9 Å². The fraction of sp³-hybridized carbons (Fsp3) is 0.353. The molecule has 6 nitrogen and oxygen atoms in total. The van der Waals surface area contributed by atoms with Gasteiger partial charge < -0.3 is 9.32 Å². The lowest BCUT2D eigenvalue weighted by Gasteiger charge is -2.28. The van der Waals surface area contributed by atoms with Crippen molar-refractivity contribution in [2.24, 2.45) is 0 Å². The Morgan fingerprint density at radius 2 is 1.88 bits per heavy atom. The van der Waals surface area contributed by atoms with E-state index in [1.54, 1.807) is 4.90 Å². The topological polar surface area (TPSA) is 79.6 Å². The standard InChI is InChI=1S/C17H18N2O4S/c20-17(19-10-9-12-3-1-2-4-13(12)11-19)15-7-8-16(23-15)24(21,22)18-14-5-6-14/h1-4,7-8,14,18H,5-6,9-11H2. The Balaban J connectivity index is 1.51. The molecule has 0 radical (unpaired) electrons. The third-order valence-electron chi connectivity index (χ3n) is 4.37. The van der Waals surface area contributed by atoms with Gasteiger partial charge in [0.2, 0.25) is 5.09 Å². The maximum atomic E-state index is 12.6. The number of amides is 1. The molecule has 2 aromatic rings. The van der Waals surface area contributed by atoms with E-state index in [9.17, 15) is 13.2 Å². The van der Waals surface area contributed by atoms with Crippen molar-refractivity contribution in [3.05, 3.63) is 53.3 Å². The van der Waals surface area contributed by atoms with Crippen molar-refractivity contribution in [1.29, 1.82) is 0 Å². The Labute approximate surface area is 140 Å². The number of carbonyl (C=O) groups excluding carboxylic acids is 1. The molecule has 1 aromatic heterocycles. The van der Waals surface area contributed by atoms with Crippen molar-refractivity contribution in [3.8, 4) is 0 Å². The van der Waals surface area contributed by atoms with Gasteiger partial charge in [-0.3, -0.25) is 4.79 Å². The molecule has 7 heteroatoms. The summed E-state index contributed by atoms with van der Waals surface area (Å²) in [7, 11) is -3.68. The zero-order valence-corrected chi connectivity index (χ0v) is 13.9. The van der Waals surface area contributed by atoms with Gasteiger partial charge in [-0.25, -0.2) is 13.1 Å². The molecule has 0 spiro atoms. The van der Waals surface area contributed by atoms with Crippen LogP contribution in [0.4, 0.5) is 0 Å². The van der Waals surface area contributed by atoms with Crippen LogP contribution in [-0.4, -0.2) is 31.8 Å². The Hall–Kier alpha value is -2.12. The summed E-state index contributed by atoms with van der Waals surface area (Å²) in [5.41, 5.74) is 2.37. The second kappa shape index (κ2) is 5.75. The lowest BCUT2D eigenvalue weighted by molar-refractivity contribution is 0.0696. The number of fused-ring (bicyclic) bond motifs is 1. The molecule has 126 valence electrons. The van der Waals surface area contributed by atoms with E-state index in [0.717, 1.165) is 24.8 Å². The van der Waals surface area contributed by atoms with Crippen molar-refractivity contribution in [1.82, 2.24) is 9.62 Å². The normalized spacial score (nSPS) is 17.6. The van der Waals surface area contributed by atoms with Gasteiger partial charge in [-0.1, -0.05) is 24.3 Å². The molecule has 2 aliphatic rings. The molecule has 1 amide bonds. The number of sulfonamides is 1. The minimum Gasteiger partial charge on any atom is -0.438 e. The highest BCUT2D eigenvalue weighted by molar-refractivity contribution is 7.89. The van der Waals surface area contributed by atoms with E-state index in [-0.39, 0.29) is 22.8 Å². The van der Waals surface area contributed by atoms with Crippen LogP contribution in [-0.2, 0) is 23.0 Å². The quantitative estimate of drug-likeness (QED) is 0.917. The minimum absolute atomic E-state index is 0.00199. The van der Waals surface area contributed by atoms with E-state index in [4.69, 9.17) is 4.42 Å². The predicted molar refractivity (Wildman–Crippen MR) is 86.9 cm³/mol. The first kappa shape index (κ1) is 15.4. The molecule has 1 N–H and O–H groups in total. The summed E-state index contributed by atoms with van der Waals surface area (Å²) in [6.07, 6.45) is 2.48. The molecule has 1 aliphatic carbocycles. The minimum atomic E-state index is -3.68. The highest BCUT2D eigenvalue weighted by Gasteiger charge is 2.31. The maximum Gasteiger partial charge on any atom is 0.289 e. The van der Waals surface area contributed by atoms with Gasteiger partial charge in [0.25, 0.3) is 15.9 Å². The number of benzene rings is 1. The first-order chi connectivity index (χ1) is 11.5. The van der Waals surface area contributed by atoms with E-state index in [2.05, 4.69) is 10.8 Å². The monoisotopic (exact) mass is 346 g/mol. The molecule has 1 aromatic carbocycles. The summed E-state index contributed by atoms with van der Waals surface area (Å²) in [6.45, 7) is 1.11. The molecular weight excluding hydrogens is 328 g/mol. The zero-order chi connectivity index (χ0) is 16.7. The number of carbonyl (C=O) groups is 1. The van der Waals surface area contributed by atoms with Crippen LogP contribution < -0.4 is 4.72 Å². The summed E-state index contributed by atoms with van der Waals surface area (Å²) >= 11 is 0. The van der Waals surface area contributed by atoms with Gasteiger partial charge >= 0.3 is 0 Å². The third-order valence-corrected chi connectivity index (χ3v) is 5.77. The highest BCUT2D eigenvalue weighted by atomic mass is 32.2. The van der Waals surface area contributed by atoms with Crippen LogP contribution in [0, 0.1) is 0 Å². The second-order valence-corrected chi connectivity index (χ2v) is 7.90. The second-order valence-electron chi connectivity index (χ2n) is 6.26. The van der Waals surface area contributed by atoms with Crippen LogP contribution in [0.25, 0.3) is 0 Å². The number of nitrogens with zero attached hydrogens (tertiary/aromatic N) is 1. The largest absolute Gasteiger partial charge is 0.438 e. The fourth-order valence-corrected chi connectivity index (χ4v) is 4.12. The summed E-state index contributed by atoms with van der Waals surface area (Å²) in [4.78, 5) is 14.3. The molecule has 0 saturated heterocycles. The third kappa shape index (κ3) is 2.97. The average molecular weight is 346 g/mol. The summed E-state index contributed by atoms with van der Waals surface area (Å²) in [5.74, 6) is -0.220. The summed E-state index contributed by atoms with van der Waals surface area (Å²) < 4.78 is 32.1. The smallest absolute Gasteiger partial charge is 0.289 e. The van der Waals surface area contributed by atoms with Crippen LogP contribution >= 0.6 is 0 Å². The predicted octanol–water partition coefficient (Wildman–Crippen LogP) is 1.92. The molecule has 24 heavy (non-hydrogen) atoms. The molecule has 1 aliphatic heterocycles. The Morgan fingerprint density at radius 3 is 2.62 bits per heavy atom.